The zero-order chi connectivity index (χ0) is 22.5. The third-order valence-corrected chi connectivity index (χ3v) is 4.08. The summed E-state index contributed by atoms with van der Waals surface area (Å²) in [5, 5.41) is 4.10. The predicted molar refractivity (Wildman–Crippen MR) is 130 cm³/mol. The number of hydrogen-bond donors (Lipinski definition) is 1. The number of benzene rings is 2. The number of hydrogen-bond acceptors (Lipinski definition) is 7. The minimum Gasteiger partial charge on any atom is -0.487 e. The molecule has 0 unspecified atom stereocenters. The van der Waals surface area contributed by atoms with E-state index in [2.05, 4.69) is 21.2 Å². The van der Waals surface area contributed by atoms with Crippen LogP contribution in [0.1, 0.15) is 26.8 Å². The number of nitrogens with zero attached hydrogens (tertiary/aromatic N) is 2. The van der Waals surface area contributed by atoms with Crippen LogP contribution in [0.4, 0.5) is 11.5 Å². The molecule has 0 aliphatic heterocycles. The third kappa shape index (κ3) is 7.41. The second-order valence-electron chi connectivity index (χ2n) is 6.07. The van der Waals surface area contributed by atoms with Crippen LogP contribution < -0.4 is 14.8 Å². The first-order valence-electron chi connectivity index (χ1n) is 10.1. The minimum atomic E-state index is 0. The van der Waals surface area contributed by atoms with E-state index in [0.29, 0.717) is 43.7 Å². The summed E-state index contributed by atoms with van der Waals surface area (Å²) in [6.45, 7) is 5.73. The topological polar surface area (TPSA) is 74.7 Å². The summed E-state index contributed by atoms with van der Waals surface area (Å²) < 4.78 is 21.8. The molecule has 7 nitrogen and oxygen atoms in total. The molecule has 3 rings (SSSR count). The van der Waals surface area contributed by atoms with Crippen molar-refractivity contribution >= 4 is 22.4 Å². The van der Waals surface area contributed by atoms with Crippen molar-refractivity contribution in [3.8, 4) is 23.8 Å². The number of fused-ring (bicyclic) bond motifs is 1. The first kappa shape index (κ1) is 26.7. The summed E-state index contributed by atoms with van der Waals surface area (Å²) in [4.78, 5) is 8.75. The van der Waals surface area contributed by atoms with Crippen molar-refractivity contribution in [1.82, 2.24) is 9.97 Å². The van der Waals surface area contributed by atoms with Gasteiger partial charge in [0.25, 0.3) is 0 Å². The lowest BCUT2D eigenvalue weighted by Crippen LogP contribution is -2.09. The molecule has 1 heterocycles. The van der Waals surface area contributed by atoms with Gasteiger partial charge in [-0.2, -0.15) is 0 Å². The van der Waals surface area contributed by atoms with Gasteiger partial charge in [0, 0.05) is 36.9 Å². The number of ether oxygens (including phenoxy) is 4. The van der Waals surface area contributed by atoms with Crippen LogP contribution in [-0.2, 0) is 9.47 Å². The number of nitrogens with one attached hydrogen (secondary N) is 1. The molecule has 0 aliphatic carbocycles. The van der Waals surface area contributed by atoms with E-state index in [1.165, 1.54) is 6.33 Å². The van der Waals surface area contributed by atoms with Crippen molar-refractivity contribution in [3.05, 3.63) is 48.3 Å². The Bertz CT molecular complexity index is 1000. The number of anilines is 2. The SMILES string of the molecule is C.C#Cc1cccc(Nc2ncnc3cc(OCCOC)c(OCCOC)cc23)c1.CC. The van der Waals surface area contributed by atoms with Crippen LogP contribution in [-0.4, -0.2) is 50.6 Å². The van der Waals surface area contributed by atoms with Crippen molar-refractivity contribution in [3.63, 3.8) is 0 Å². The van der Waals surface area contributed by atoms with E-state index in [4.69, 9.17) is 25.4 Å². The first-order valence-corrected chi connectivity index (χ1v) is 10.1. The summed E-state index contributed by atoms with van der Waals surface area (Å²) in [5.74, 6) is 4.44. The van der Waals surface area contributed by atoms with E-state index in [-0.39, 0.29) is 7.43 Å². The average molecular weight is 440 g/mol. The third-order valence-electron chi connectivity index (χ3n) is 4.08. The summed E-state index contributed by atoms with van der Waals surface area (Å²) >= 11 is 0. The van der Waals surface area contributed by atoms with Gasteiger partial charge < -0.3 is 24.3 Å². The van der Waals surface area contributed by atoms with Crippen LogP contribution in [0.2, 0.25) is 0 Å². The molecule has 0 amide bonds. The maximum Gasteiger partial charge on any atom is 0.163 e. The second kappa shape index (κ2) is 14.6. The fraction of sp³-hybridized carbons (Fsp3) is 0.360. The van der Waals surface area contributed by atoms with Crippen molar-refractivity contribution in [2.24, 2.45) is 0 Å². The number of methoxy groups -OCH3 is 2. The molecule has 7 heteroatoms. The molecule has 32 heavy (non-hydrogen) atoms. The van der Waals surface area contributed by atoms with Crippen molar-refractivity contribution in [2.45, 2.75) is 21.3 Å². The summed E-state index contributed by atoms with van der Waals surface area (Å²) in [6, 6.07) is 11.3. The molecule has 172 valence electrons. The normalized spacial score (nSPS) is 9.72. The first-order chi connectivity index (χ1) is 15.2. The van der Waals surface area contributed by atoms with Crippen LogP contribution in [0, 0.1) is 12.3 Å². The van der Waals surface area contributed by atoms with Crippen molar-refractivity contribution in [1.29, 1.82) is 0 Å². The van der Waals surface area contributed by atoms with Gasteiger partial charge in [-0.1, -0.05) is 33.3 Å². The molecule has 0 aliphatic rings. The predicted octanol–water partition coefficient (Wildman–Crippen LogP) is 5.07. The Hall–Kier alpha value is -3.34. The summed E-state index contributed by atoms with van der Waals surface area (Å²) in [7, 11) is 3.25. The molecule has 0 atom stereocenters. The molecule has 0 fully saturated rings. The highest BCUT2D eigenvalue weighted by molar-refractivity contribution is 5.93. The molecule has 2 aromatic carbocycles. The molecule has 3 aromatic rings. The fourth-order valence-electron chi connectivity index (χ4n) is 2.68. The van der Waals surface area contributed by atoms with E-state index in [1.807, 2.05) is 50.2 Å². The standard InChI is InChI=1S/C22H23N3O4.C2H6.CH4/c1-4-16-6-5-7-17(12-16)25-22-18-13-20(28-10-8-26-2)21(29-11-9-27-3)14-19(18)23-15-24-22;1-2;/h1,5-7,12-15H,8-11H2,2-3H3,(H,23,24,25);1-2H3;1H4. The Morgan fingerprint density at radius 2 is 1.56 bits per heavy atom. The van der Waals surface area contributed by atoms with Crippen molar-refractivity contribution < 1.29 is 18.9 Å². The van der Waals surface area contributed by atoms with E-state index in [1.54, 1.807) is 14.2 Å². The maximum absolute atomic E-state index is 5.86. The van der Waals surface area contributed by atoms with Gasteiger partial charge in [-0.25, -0.2) is 9.97 Å². The quantitative estimate of drug-likeness (QED) is 0.349. The van der Waals surface area contributed by atoms with E-state index in [9.17, 15) is 0 Å². The van der Waals surface area contributed by atoms with Crippen LogP contribution in [0.5, 0.6) is 11.5 Å². The molecule has 1 N–H and O–H groups in total. The van der Waals surface area contributed by atoms with E-state index >= 15 is 0 Å². The van der Waals surface area contributed by atoms with Crippen molar-refractivity contribution in [2.75, 3.05) is 46.0 Å². The smallest absolute Gasteiger partial charge is 0.163 e. The highest BCUT2D eigenvalue weighted by Crippen LogP contribution is 2.35. The zero-order valence-corrected chi connectivity index (χ0v) is 18.5. The largest absolute Gasteiger partial charge is 0.487 e. The molecule has 0 saturated carbocycles. The van der Waals surface area contributed by atoms with Crippen LogP contribution >= 0.6 is 0 Å². The molecule has 0 spiro atoms. The van der Waals surface area contributed by atoms with Crippen LogP contribution in [0.15, 0.2) is 42.7 Å². The minimum absolute atomic E-state index is 0. The lowest BCUT2D eigenvalue weighted by molar-refractivity contribution is 0.132. The van der Waals surface area contributed by atoms with Gasteiger partial charge in [0.1, 0.15) is 25.4 Å². The number of terminal acetylenes is 1. The lowest BCUT2D eigenvalue weighted by atomic mass is 10.2. The highest BCUT2D eigenvalue weighted by Gasteiger charge is 2.13. The summed E-state index contributed by atoms with van der Waals surface area (Å²) in [5.41, 5.74) is 2.34. The Morgan fingerprint density at radius 3 is 2.19 bits per heavy atom. The molecule has 0 radical (unpaired) electrons. The second-order valence-corrected chi connectivity index (χ2v) is 6.07. The Labute approximate surface area is 191 Å². The fourth-order valence-corrected chi connectivity index (χ4v) is 2.68. The number of aromatic nitrogens is 2. The van der Waals surface area contributed by atoms with Gasteiger partial charge in [0.05, 0.1) is 18.7 Å². The molecular weight excluding hydrogens is 406 g/mol. The Kier molecular flexibility index (Phi) is 12.2. The maximum atomic E-state index is 5.86. The van der Waals surface area contributed by atoms with Gasteiger partial charge in [-0.3, -0.25) is 0 Å². The molecule has 1 aromatic heterocycles. The average Bonchev–Trinajstić information content (AvgIpc) is 2.81. The highest BCUT2D eigenvalue weighted by atomic mass is 16.5. The summed E-state index contributed by atoms with van der Waals surface area (Å²) in [6.07, 6.45) is 6.99. The van der Waals surface area contributed by atoms with Crippen LogP contribution in [0.25, 0.3) is 10.9 Å². The Balaban J connectivity index is 0.00000166. The zero-order valence-electron chi connectivity index (χ0n) is 18.5. The van der Waals surface area contributed by atoms with Gasteiger partial charge >= 0.3 is 0 Å². The number of rotatable bonds is 10. The van der Waals surface area contributed by atoms with Gasteiger partial charge in [0.2, 0.25) is 0 Å². The molecule has 0 saturated heterocycles. The van der Waals surface area contributed by atoms with Gasteiger partial charge in [0.15, 0.2) is 11.5 Å². The Morgan fingerprint density at radius 1 is 0.906 bits per heavy atom. The van der Waals surface area contributed by atoms with Gasteiger partial charge in [-0.15, -0.1) is 6.42 Å². The molecule has 0 bridgehead atoms. The van der Waals surface area contributed by atoms with Gasteiger partial charge in [-0.05, 0) is 24.3 Å². The monoisotopic (exact) mass is 439 g/mol. The van der Waals surface area contributed by atoms with E-state index in [0.717, 1.165) is 22.2 Å². The van der Waals surface area contributed by atoms with Crippen LogP contribution in [0.3, 0.4) is 0 Å². The van der Waals surface area contributed by atoms with E-state index < -0.39 is 0 Å². The lowest BCUT2D eigenvalue weighted by Gasteiger charge is -2.15. The molecular formula is C25H33N3O4.